The summed E-state index contributed by atoms with van der Waals surface area (Å²) in [6.07, 6.45) is 0. The number of aliphatic hydroxyl groups is 1. The smallest absolute Gasteiger partial charge is 0.279 e. The van der Waals surface area contributed by atoms with Crippen LogP contribution in [0.1, 0.15) is 109 Å². The maximum Gasteiger partial charge on any atom is 0.279 e. The van der Waals surface area contributed by atoms with Crippen LogP contribution < -0.4 is 24.9 Å². The summed E-state index contributed by atoms with van der Waals surface area (Å²) in [5, 5.41) is 19.7. The topological polar surface area (TPSA) is 227 Å². The summed E-state index contributed by atoms with van der Waals surface area (Å²) >= 11 is 5.81. The molecule has 0 saturated carbocycles. The van der Waals surface area contributed by atoms with Crippen molar-refractivity contribution in [2.45, 2.75) is 59.0 Å². The van der Waals surface area contributed by atoms with Gasteiger partial charge in [-0.3, -0.25) is 47.9 Å². The number of nitrogens with zero attached hydrogens (tertiary/aromatic N) is 2. The number of carbonyl (C=O) groups excluding carboxylic acids is 10. The maximum absolute atomic E-state index is 14.1. The fourth-order valence-electron chi connectivity index (χ4n) is 12.8. The minimum absolute atomic E-state index is 0.0121. The van der Waals surface area contributed by atoms with E-state index >= 15 is 0 Å². The second-order valence-corrected chi connectivity index (χ2v) is 50.9. The zero-order valence-electron chi connectivity index (χ0n) is 68.0. The Kier molecular flexibility index (Phi) is 31.6. The van der Waals surface area contributed by atoms with Crippen LogP contribution in [0.3, 0.4) is 0 Å². The number of methoxy groups -OCH3 is 1. The molecule has 0 spiro atoms. The van der Waals surface area contributed by atoms with Crippen molar-refractivity contribution in [3.8, 4) is 11.5 Å². The average molecular weight is 1660 g/mol. The number of phenolic OH excluding ortho intramolecular Hbond substituents is 1. The van der Waals surface area contributed by atoms with Gasteiger partial charge in [-0.1, -0.05) is 282 Å². The van der Waals surface area contributed by atoms with Crippen molar-refractivity contribution < 1.29 is 62.9 Å². The van der Waals surface area contributed by atoms with E-state index in [4.69, 9.17) is 21.4 Å². The van der Waals surface area contributed by atoms with E-state index in [1.54, 1.807) is 167 Å². The highest BCUT2D eigenvalue weighted by Gasteiger charge is 2.53. The molecule has 15 nitrogen and oxygen atoms in total. The fourth-order valence-corrected chi connectivity index (χ4v) is 25.0. The van der Waals surface area contributed by atoms with Crippen LogP contribution in [0, 0.1) is 0 Å². The maximum atomic E-state index is 14.1. The molecule has 0 aliphatic rings. The van der Waals surface area contributed by atoms with Gasteiger partial charge in [0, 0.05) is 100 Å². The second kappa shape index (κ2) is 40.9. The number of hydrogen-bond acceptors (Lipinski definition) is 15. The minimum atomic E-state index is -3.51. The van der Waals surface area contributed by atoms with Gasteiger partial charge in [-0.25, -0.2) is 0 Å². The summed E-state index contributed by atoms with van der Waals surface area (Å²) in [5.41, 5.74) is 8.41. The third-order valence-electron chi connectivity index (χ3n) is 20.1. The number of carbonyl (C=O) groups is 10. The van der Waals surface area contributed by atoms with E-state index in [0.717, 1.165) is 27.3 Å². The number of phenols is 1. The zero-order chi connectivity index (χ0) is 85.4. The molecule has 117 heavy (non-hydrogen) atoms. The summed E-state index contributed by atoms with van der Waals surface area (Å²) in [6.45, 7) is 14.2. The van der Waals surface area contributed by atoms with E-state index in [-0.39, 0.29) is 66.4 Å². The lowest BCUT2D eigenvalue weighted by Gasteiger charge is -2.30. The predicted octanol–water partition coefficient (Wildman–Crippen LogP) is 18.2. The van der Waals surface area contributed by atoms with Crippen molar-refractivity contribution in [1.29, 1.82) is 0 Å². The number of rotatable bonds is 26. The summed E-state index contributed by atoms with van der Waals surface area (Å²) in [7, 11) is -5.24. The van der Waals surface area contributed by atoms with Crippen LogP contribution in [0.25, 0.3) is 0 Å². The van der Waals surface area contributed by atoms with Crippen molar-refractivity contribution in [2.24, 2.45) is 0 Å². The number of aliphatic hydroxyl groups excluding tert-OH is 1. The molecule has 596 valence electrons. The van der Waals surface area contributed by atoms with Gasteiger partial charge in [-0.05, 0) is 125 Å². The van der Waals surface area contributed by atoms with Gasteiger partial charge in [0.25, 0.3) is 8.07 Å². The summed E-state index contributed by atoms with van der Waals surface area (Å²) < 4.78 is 5.09. The van der Waals surface area contributed by atoms with Crippen molar-refractivity contribution in [1.82, 2.24) is 0 Å². The first-order valence-corrected chi connectivity index (χ1v) is 52.2. The highest BCUT2D eigenvalue weighted by molar-refractivity contribution is 7.40. The van der Waals surface area contributed by atoms with Gasteiger partial charge >= 0.3 is 0 Å². The monoisotopic (exact) mass is 1660 g/mol. The largest absolute Gasteiger partial charge is 0.508 e. The average Bonchev–Trinajstić information content (AvgIpc) is 0.733. The highest BCUT2D eigenvalue weighted by atomic mass is 35.5. The Morgan fingerprint density at radius 1 is 0.282 bits per heavy atom. The van der Waals surface area contributed by atoms with E-state index in [1.165, 1.54) is 12.1 Å². The first-order chi connectivity index (χ1) is 55.6. The third-order valence-corrected chi connectivity index (χ3v) is 36.0. The summed E-state index contributed by atoms with van der Waals surface area (Å²) in [4.78, 5) is 134. The summed E-state index contributed by atoms with van der Waals surface area (Å²) in [6, 6.07) is 96.6. The van der Waals surface area contributed by atoms with Crippen LogP contribution in [0.2, 0.25) is 57.4 Å². The molecule has 0 atom stereocenters. The molecule has 12 rings (SSSR count). The van der Waals surface area contributed by atoms with Crippen LogP contribution in [0.5, 0.6) is 11.5 Å². The molecule has 0 aliphatic carbocycles. The predicted molar refractivity (Wildman–Crippen MR) is 483 cm³/mol. The van der Waals surface area contributed by atoms with Gasteiger partial charge in [-0.15, -0.1) is 0 Å². The molecule has 0 saturated heterocycles. The number of ether oxygens (including phenoxy) is 1. The van der Waals surface area contributed by atoms with Crippen LogP contribution in [-0.4, -0.2) is 140 Å². The molecule has 0 aromatic heterocycles. The van der Waals surface area contributed by atoms with Crippen molar-refractivity contribution in [3.63, 3.8) is 0 Å². The first-order valence-electron chi connectivity index (χ1n) is 37.9. The Hall–Kier alpha value is -12.1. The molecule has 12 aromatic rings. The van der Waals surface area contributed by atoms with E-state index < -0.39 is 40.4 Å². The SMILES string of the molecule is CN(C)c1ccc(C(=O)[Si](C)(C)C(=O)c2ccc(N(C)C)cc2)cc1.COc1ccc(C(=O)[Si](C)(C)C(=O)c2ccc(CO)cc2)cc1.C[Si](C)(C(=O)c1ccc(O)cc1)C(=O)c1ccc(Cl)cc1.C[Si](C)(C(=O)c1ccccc1)C(=O)c1ccccc1.O=C(c1ccccc1)[Si](C(=O)c1ccccc1)(c1ccccc1)c1ccccc1. The number of aromatic hydroxyl groups is 1. The molecule has 12 aromatic carbocycles. The van der Waals surface area contributed by atoms with Crippen molar-refractivity contribution >= 4 is 128 Å². The van der Waals surface area contributed by atoms with Gasteiger partial charge < -0.3 is 24.7 Å². The van der Waals surface area contributed by atoms with E-state index in [0.29, 0.717) is 66.4 Å². The molecule has 0 bridgehead atoms. The lowest BCUT2D eigenvalue weighted by atomic mass is 10.1. The lowest BCUT2D eigenvalue weighted by Crippen LogP contribution is -2.70. The van der Waals surface area contributed by atoms with E-state index in [2.05, 4.69) is 0 Å². The fraction of sp³-hybridized carbons (Fsp3) is 0.146. The zero-order valence-corrected chi connectivity index (χ0v) is 73.8. The molecular formula is C96H97ClN2O13Si5. The Labute approximate surface area is 695 Å². The number of anilines is 2. The molecule has 0 heterocycles. The van der Waals surface area contributed by atoms with Gasteiger partial charge in [-0.2, -0.15) is 0 Å². The van der Waals surface area contributed by atoms with Crippen LogP contribution >= 0.6 is 11.6 Å². The first kappa shape index (κ1) is 90.4. The molecule has 2 N–H and O–H groups in total. The number of benzene rings is 12. The molecule has 0 fully saturated rings. The quantitative estimate of drug-likeness (QED) is 0.0481. The number of halogens is 1. The van der Waals surface area contributed by atoms with E-state index in [1.807, 2.05) is 246 Å². The number of hydrogen-bond donors (Lipinski definition) is 2. The van der Waals surface area contributed by atoms with Gasteiger partial charge in [0.2, 0.25) is 32.3 Å². The second-order valence-electron chi connectivity index (χ2n) is 30.3. The van der Waals surface area contributed by atoms with Gasteiger partial charge in [0.1, 0.15) is 54.8 Å². The van der Waals surface area contributed by atoms with Gasteiger partial charge in [0.05, 0.1) is 13.7 Å². The standard InChI is InChI=1S/C26H20O2Si.C20H26N2O2Si.C18H20O4Si.C16H15ClO3Si.C16H16O2Si/c27-25(21-13-5-1-6-14-21)29(23-17-9-3-10-18-23,24-19-11-4-12-20-24)26(28)22-15-7-2-8-16-22;1-21(2)17-11-7-15(8-12-17)19(23)25(5,6)20(24)16-9-13-18(14-10-16)22(3)4;1-22-16-10-8-15(9-11-16)18(21)23(2,3)17(20)14-6-4-13(12-19)5-7-14;1-21(2,15(19)11-3-7-13(17)8-4-11)16(20)12-5-9-14(18)10-6-12;1-19(2,15(17)13-9-5-3-6-10-13)16(18)14-11-7-4-8-12-14/h1-20H;7-14H,1-6H3;4-11,19H,12H2,1-3H3;3-10,18H,1-2H3;3-12H,1-2H3. The molecule has 0 aliphatic heterocycles. The molecule has 21 heteroatoms. The van der Waals surface area contributed by atoms with Crippen LogP contribution in [0.4, 0.5) is 11.4 Å². The minimum Gasteiger partial charge on any atom is -0.508 e. The van der Waals surface area contributed by atoms with E-state index in [9.17, 15) is 53.1 Å². The normalized spacial score (nSPS) is 11.1. The van der Waals surface area contributed by atoms with Crippen LogP contribution in [0.15, 0.2) is 328 Å². The third kappa shape index (κ3) is 22.3. The van der Waals surface area contributed by atoms with Crippen molar-refractivity contribution in [2.75, 3.05) is 45.1 Å². The molecule has 0 unspecified atom stereocenters. The Morgan fingerprint density at radius 3 is 0.726 bits per heavy atom. The lowest BCUT2D eigenvalue weighted by molar-refractivity contribution is 0.101. The van der Waals surface area contributed by atoms with Crippen LogP contribution in [-0.2, 0) is 6.61 Å². The summed E-state index contributed by atoms with van der Waals surface area (Å²) in [5.74, 6) is 0.766. The molecule has 0 radical (unpaired) electrons. The Bertz CT molecular complexity index is 5080. The molecular weight excluding hydrogens is 1560 g/mol. The van der Waals surface area contributed by atoms with Crippen molar-refractivity contribution in [3.05, 3.63) is 394 Å². The highest BCUT2D eigenvalue weighted by Crippen LogP contribution is 2.28. The Morgan fingerprint density at radius 2 is 0.487 bits per heavy atom. The molecule has 0 amide bonds. The van der Waals surface area contributed by atoms with Gasteiger partial charge in [0.15, 0.2) is 10.8 Å². The Balaban J connectivity index is 0.000000184.